The first kappa shape index (κ1) is 17.6. The van der Waals surface area contributed by atoms with Crippen LogP contribution in [-0.4, -0.2) is 37.4 Å². The normalized spacial score (nSPS) is 14.2. The van der Waals surface area contributed by atoms with Crippen LogP contribution in [0.5, 0.6) is 5.75 Å². The van der Waals surface area contributed by atoms with E-state index in [1.165, 1.54) is 12.1 Å². The van der Waals surface area contributed by atoms with Gasteiger partial charge in [0.2, 0.25) is 10.0 Å². The molecule has 0 saturated heterocycles. The standard InChI is InChI=1S/C19H19N3O4S/c20-27(24,25)18-8-4-3-7-17(18)26-12-19(23)22-10-9-16-14(11-22)13-5-1-2-6-15(13)21-16/h1-8,21H,9-12H2,(H2,20,24,25). The van der Waals surface area contributed by atoms with Crippen molar-refractivity contribution in [1.82, 2.24) is 9.88 Å². The largest absolute Gasteiger partial charge is 0.482 e. The van der Waals surface area contributed by atoms with Crippen LogP contribution < -0.4 is 9.88 Å². The van der Waals surface area contributed by atoms with Crippen molar-refractivity contribution in [1.29, 1.82) is 0 Å². The molecule has 7 nitrogen and oxygen atoms in total. The molecule has 4 rings (SSSR count). The molecule has 3 aromatic rings. The SMILES string of the molecule is NS(=O)(=O)c1ccccc1OCC(=O)N1CCc2[nH]c3ccccc3c2C1. The van der Waals surface area contributed by atoms with Gasteiger partial charge in [-0.25, -0.2) is 13.6 Å². The zero-order chi connectivity index (χ0) is 19.0. The number of fused-ring (bicyclic) bond motifs is 3. The molecule has 0 bridgehead atoms. The molecule has 0 spiro atoms. The summed E-state index contributed by atoms with van der Waals surface area (Å²) >= 11 is 0. The first-order chi connectivity index (χ1) is 12.9. The average molecular weight is 385 g/mol. The molecule has 1 aliphatic rings. The van der Waals surface area contributed by atoms with E-state index in [9.17, 15) is 13.2 Å². The van der Waals surface area contributed by atoms with Gasteiger partial charge in [-0.3, -0.25) is 4.79 Å². The predicted octanol–water partition coefficient (Wildman–Crippen LogP) is 1.78. The van der Waals surface area contributed by atoms with Gasteiger partial charge in [-0.15, -0.1) is 0 Å². The van der Waals surface area contributed by atoms with Gasteiger partial charge in [0.15, 0.2) is 6.61 Å². The summed E-state index contributed by atoms with van der Waals surface area (Å²) in [6.07, 6.45) is 0.740. The molecule has 3 N–H and O–H groups in total. The Balaban J connectivity index is 1.49. The maximum Gasteiger partial charge on any atom is 0.260 e. The Morgan fingerprint density at radius 3 is 2.70 bits per heavy atom. The van der Waals surface area contributed by atoms with E-state index in [1.807, 2.05) is 24.3 Å². The summed E-state index contributed by atoms with van der Waals surface area (Å²) in [5, 5.41) is 6.31. The molecular weight excluding hydrogens is 366 g/mol. The fraction of sp³-hybridized carbons (Fsp3) is 0.211. The second-order valence-electron chi connectivity index (χ2n) is 6.47. The van der Waals surface area contributed by atoms with E-state index >= 15 is 0 Å². The van der Waals surface area contributed by atoms with Crippen molar-refractivity contribution >= 4 is 26.8 Å². The summed E-state index contributed by atoms with van der Waals surface area (Å²) in [7, 11) is -3.92. The monoisotopic (exact) mass is 385 g/mol. The van der Waals surface area contributed by atoms with E-state index in [0.717, 1.165) is 28.6 Å². The second kappa shape index (κ2) is 6.71. The van der Waals surface area contributed by atoms with Crippen molar-refractivity contribution in [3.63, 3.8) is 0 Å². The van der Waals surface area contributed by atoms with Crippen LogP contribution in [0.15, 0.2) is 53.4 Å². The Morgan fingerprint density at radius 1 is 1.15 bits per heavy atom. The van der Waals surface area contributed by atoms with Crippen molar-refractivity contribution in [2.45, 2.75) is 17.9 Å². The van der Waals surface area contributed by atoms with Gasteiger partial charge in [-0.1, -0.05) is 30.3 Å². The lowest BCUT2D eigenvalue weighted by atomic mass is 10.0. The molecule has 1 amide bonds. The highest BCUT2D eigenvalue weighted by Gasteiger charge is 2.24. The number of hydrogen-bond acceptors (Lipinski definition) is 4. The van der Waals surface area contributed by atoms with Crippen molar-refractivity contribution in [2.75, 3.05) is 13.2 Å². The Labute approximate surface area is 156 Å². The quantitative estimate of drug-likeness (QED) is 0.714. The average Bonchev–Trinajstić information content (AvgIpc) is 3.03. The van der Waals surface area contributed by atoms with Crippen molar-refractivity contribution in [3.05, 3.63) is 59.8 Å². The van der Waals surface area contributed by atoms with Crippen LogP contribution in [0.25, 0.3) is 10.9 Å². The summed E-state index contributed by atoms with van der Waals surface area (Å²) in [6, 6.07) is 14.0. The van der Waals surface area contributed by atoms with E-state index in [2.05, 4.69) is 4.98 Å². The highest BCUT2D eigenvalue weighted by atomic mass is 32.2. The summed E-state index contributed by atoms with van der Waals surface area (Å²) < 4.78 is 28.7. The number of carbonyl (C=O) groups is 1. The summed E-state index contributed by atoms with van der Waals surface area (Å²) in [6.45, 7) is 0.835. The first-order valence-electron chi connectivity index (χ1n) is 8.54. The number of primary sulfonamides is 1. The van der Waals surface area contributed by atoms with Gasteiger partial charge >= 0.3 is 0 Å². The molecule has 0 saturated carbocycles. The minimum atomic E-state index is -3.92. The molecule has 0 atom stereocenters. The van der Waals surface area contributed by atoms with Gasteiger partial charge < -0.3 is 14.6 Å². The van der Waals surface area contributed by atoms with E-state index < -0.39 is 10.0 Å². The predicted molar refractivity (Wildman–Crippen MR) is 101 cm³/mol. The molecule has 2 heterocycles. The number of hydrogen-bond donors (Lipinski definition) is 2. The van der Waals surface area contributed by atoms with Gasteiger partial charge in [0.1, 0.15) is 10.6 Å². The molecule has 0 fully saturated rings. The molecule has 1 aliphatic heterocycles. The van der Waals surface area contributed by atoms with Crippen molar-refractivity contribution in [2.24, 2.45) is 5.14 Å². The van der Waals surface area contributed by atoms with Crippen LogP contribution in [-0.2, 0) is 27.8 Å². The van der Waals surface area contributed by atoms with Crippen molar-refractivity contribution < 1.29 is 17.9 Å². The van der Waals surface area contributed by atoms with E-state index in [4.69, 9.17) is 9.88 Å². The third-order valence-corrected chi connectivity index (χ3v) is 5.69. The number of aromatic amines is 1. The third kappa shape index (κ3) is 3.41. The molecule has 1 aromatic heterocycles. The van der Waals surface area contributed by atoms with E-state index in [1.54, 1.807) is 17.0 Å². The number of carbonyl (C=O) groups excluding carboxylic acids is 1. The van der Waals surface area contributed by atoms with Crippen LogP contribution in [0, 0.1) is 0 Å². The number of benzene rings is 2. The molecule has 2 aromatic carbocycles. The molecule has 27 heavy (non-hydrogen) atoms. The fourth-order valence-electron chi connectivity index (χ4n) is 3.41. The van der Waals surface area contributed by atoms with Gasteiger partial charge in [0.25, 0.3) is 5.91 Å². The first-order valence-corrected chi connectivity index (χ1v) is 10.1. The maximum absolute atomic E-state index is 12.6. The number of H-pyrrole nitrogens is 1. The Hall–Kier alpha value is -2.84. The van der Waals surface area contributed by atoms with Crippen LogP contribution >= 0.6 is 0 Å². The number of ether oxygens (including phenoxy) is 1. The van der Waals surface area contributed by atoms with Crippen LogP contribution in [0.4, 0.5) is 0 Å². The van der Waals surface area contributed by atoms with Crippen LogP contribution in [0.1, 0.15) is 11.3 Å². The van der Waals surface area contributed by atoms with Gasteiger partial charge in [-0.2, -0.15) is 0 Å². The zero-order valence-electron chi connectivity index (χ0n) is 14.5. The van der Waals surface area contributed by atoms with E-state index in [0.29, 0.717) is 13.1 Å². The number of nitrogens with one attached hydrogen (secondary N) is 1. The van der Waals surface area contributed by atoms with E-state index in [-0.39, 0.29) is 23.2 Å². The molecular formula is C19H19N3O4S. The number of para-hydroxylation sites is 2. The Kier molecular flexibility index (Phi) is 4.37. The highest BCUT2D eigenvalue weighted by Crippen LogP contribution is 2.28. The summed E-state index contributed by atoms with van der Waals surface area (Å²) in [5.41, 5.74) is 3.34. The lowest BCUT2D eigenvalue weighted by Crippen LogP contribution is -2.38. The second-order valence-corrected chi connectivity index (χ2v) is 8.00. The van der Waals surface area contributed by atoms with Crippen molar-refractivity contribution in [3.8, 4) is 5.75 Å². The topological polar surface area (TPSA) is 105 Å². The van der Waals surface area contributed by atoms with Gasteiger partial charge in [0, 0.05) is 41.7 Å². The number of rotatable bonds is 4. The lowest BCUT2D eigenvalue weighted by molar-refractivity contribution is -0.134. The highest BCUT2D eigenvalue weighted by molar-refractivity contribution is 7.89. The van der Waals surface area contributed by atoms with Crippen LogP contribution in [0.2, 0.25) is 0 Å². The Morgan fingerprint density at radius 2 is 1.89 bits per heavy atom. The molecule has 0 aliphatic carbocycles. The fourth-order valence-corrected chi connectivity index (χ4v) is 4.09. The zero-order valence-corrected chi connectivity index (χ0v) is 15.3. The number of nitrogens with zero attached hydrogens (tertiary/aromatic N) is 1. The summed E-state index contributed by atoms with van der Waals surface area (Å²) in [5.74, 6) is -0.117. The summed E-state index contributed by atoms with van der Waals surface area (Å²) in [4.78, 5) is 17.6. The number of nitrogens with two attached hydrogens (primary N) is 1. The number of sulfonamides is 1. The molecule has 140 valence electrons. The maximum atomic E-state index is 12.6. The van der Waals surface area contributed by atoms with Gasteiger partial charge in [-0.05, 0) is 18.2 Å². The minimum Gasteiger partial charge on any atom is -0.482 e. The number of aromatic nitrogens is 1. The molecule has 8 heteroatoms. The van der Waals surface area contributed by atoms with Crippen LogP contribution in [0.3, 0.4) is 0 Å². The number of amides is 1. The third-order valence-electron chi connectivity index (χ3n) is 4.74. The Bertz CT molecular complexity index is 1120. The molecule has 0 radical (unpaired) electrons. The molecule has 0 unspecified atom stereocenters. The lowest BCUT2D eigenvalue weighted by Gasteiger charge is -2.27. The minimum absolute atomic E-state index is 0.0816. The van der Waals surface area contributed by atoms with Gasteiger partial charge in [0.05, 0.1) is 0 Å². The smallest absolute Gasteiger partial charge is 0.260 e.